The van der Waals surface area contributed by atoms with Crippen molar-refractivity contribution >= 4 is 29.3 Å². The van der Waals surface area contributed by atoms with Crippen LogP contribution < -0.4 is 16.4 Å². The molecule has 1 heterocycles. The Hall–Kier alpha value is -3.52. The molecule has 0 saturated heterocycles. The van der Waals surface area contributed by atoms with Gasteiger partial charge < -0.3 is 21.1 Å². The van der Waals surface area contributed by atoms with Crippen molar-refractivity contribution in [2.24, 2.45) is 16.6 Å². The van der Waals surface area contributed by atoms with Gasteiger partial charge in [-0.15, -0.1) is 0 Å². The number of hydrogen-bond donors (Lipinski definition) is 3. The Labute approximate surface area is 222 Å². The largest absolute Gasteiger partial charge is 0.374 e. The Bertz CT molecular complexity index is 1180. The van der Waals surface area contributed by atoms with Crippen molar-refractivity contribution in [2.75, 3.05) is 26.3 Å². The molecule has 0 aromatic heterocycles. The highest BCUT2D eigenvalue weighted by molar-refractivity contribution is 6.30. The molecule has 0 fully saturated rings. The van der Waals surface area contributed by atoms with E-state index in [2.05, 4.69) is 39.9 Å². The zero-order valence-corrected chi connectivity index (χ0v) is 21.2. The molecule has 3 amide bonds. The van der Waals surface area contributed by atoms with Crippen LogP contribution in [-0.2, 0) is 9.53 Å². The average molecular weight is 519 g/mol. The van der Waals surface area contributed by atoms with Gasteiger partial charge >= 0.3 is 6.03 Å². The molecule has 4 N–H and O–H groups in total. The van der Waals surface area contributed by atoms with Gasteiger partial charge in [0.1, 0.15) is 5.92 Å². The molecule has 7 nitrogen and oxygen atoms in total. The second-order valence-corrected chi connectivity index (χ2v) is 9.29. The summed E-state index contributed by atoms with van der Waals surface area (Å²) in [5.74, 6) is -0.862. The van der Waals surface area contributed by atoms with Crippen LogP contribution in [0.25, 0.3) is 0 Å². The maximum absolute atomic E-state index is 13.6. The molecule has 0 bridgehead atoms. The summed E-state index contributed by atoms with van der Waals surface area (Å²) in [6.45, 7) is 1.11. The summed E-state index contributed by atoms with van der Waals surface area (Å²) < 4.78 is 5.58. The lowest BCUT2D eigenvalue weighted by molar-refractivity contribution is -0.123. The summed E-state index contributed by atoms with van der Waals surface area (Å²) in [7, 11) is 0. The van der Waals surface area contributed by atoms with Crippen LogP contribution >= 0.6 is 11.6 Å². The molecule has 0 saturated carbocycles. The number of nitrogens with one attached hydrogen (secondary N) is 2. The third-order valence-electron chi connectivity index (χ3n) is 6.35. The first-order chi connectivity index (χ1) is 18.1. The minimum Gasteiger partial charge on any atom is -0.374 e. The van der Waals surface area contributed by atoms with Gasteiger partial charge in [0.05, 0.1) is 25.0 Å². The summed E-state index contributed by atoms with van der Waals surface area (Å²) in [4.78, 5) is 30.1. The van der Waals surface area contributed by atoms with Gasteiger partial charge in [0.15, 0.2) is 0 Å². The summed E-state index contributed by atoms with van der Waals surface area (Å²) in [6, 6.07) is 26.5. The first-order valence-electron chi connectivity index (χ1n) is 12.4. The van der Waals surface area contributed by atoms with E-state index in [0.29, 0.717) is 36.9 Å². The first kappa shape index (κ1) is 26.5. The molecule has 0 radical (unpaired) electrons. The van der Waals surface area contributed by atoms with Crippen LogP contribution in [0.2, 0.25) is 5.02 Å². The lowest BCUT2D eigenvalue weighted by Crippen LogP contribution is -2.49. The number of carbonyl (C=O) groups is 2. The van der Waals surface area contributed by atoms with Crippen LogP contribution in [-0.4, -0.2) is 44.0 Å². The highest BCUT2D eigenvalue weighted by Gasteiger charge is 2.38. The van der Waals surface area contributed by atoms with Crippen LogP contribution in [0.4, 0.5) is 4.79 Å². The molecule has 1 aliphatic rings. The highest BCUT2D eigenvalue weighted by Crippen LogP contribution is 2.30. The van der Waals surface area contributed by atoms with E-state index < -0.39 is 18.0 Å². The zero-order chi connectivity index (χ0) is 26.0. The zero-order valence-electron chi connectivity index (χ0n) is 20.5. The summed E-state index contributed by atoms with van der Waals surface area (Å²) in [5.41, 5.74) is 9.00. The lowest BCUT2D eigenvalue weighted by atomic mass is 9.86. The number of urea groups is 1. The highest BCUT2D eigenvalue weighted by atomic mass is 35.5. The number of nitrogens with zero attached hydrogens (tertiary/aromatic N) is 1. The molecule has 2 unspecified atom stereocenters. The first-order valence-corrected chi connectivity index (χ1v) is 12.7. The Balaban J connectivity index is 1.54. The normalized spacial score (nSPS) is 17.3. The molecule has 192 valence electrons. The minimum atomic E-state index is -0.749. The van der Waals surface area contributed by atoms with Gasteiger partial charge in [-0.25, -0.2) is 4.79 Å². The molecule has 4 rings (SSSR count). The number of carbonyl (C=O) groups excluding carboxylic acids is 2. The van der Waals surface area contributed by atoms with Crippen molar-refractivity contribution in [1.82, 2.24) is 10.6 Å². The maximum atomic E-state index is 13.6. The number of aliphatic imine (C=N–C) groups is 1. The lowest BCUT2D eigenvalue weighted by Gasteiger charge is -2.32. The second-order valence-electron chi connectivity index (χ2n) is 8.86. The molecule has 2 atom stereocenters. The molecule has 0 spiro atoms. The van der Waals surface area contributed by atoms with E-state index in [1.54, 1.807) is 18.2 Å². The van der Waals surface area contributed by atoms with E-state index in [1.807, 2.05) is 42.5 Å². The van der Waals surface area contributed by atoms with E-state index in [4.69, 9.17) is 22.1 Å². The van der Waals surface area contributed by atoms with E-state index >= 15 is 0 Å². The number of hydrogen-bond acceptors (Lipinski definition) is 4. The second kappa shape index (κ2) is 13.1. The van der Waals surface area contributed by atoms with Gasteiger partial charge in [0.2, 0.25) is 5.91 Å². The smallest absolute Gasteiger partial charge is 0.341 e. The van der Waals surface area contributed by atoms with Crippen LogP contribution in [0.15, 0.2) is 89.9 Å². The van der Waals surface area contributed by atoms with Gasteiger partial charge in [-0.2, -0.15) is 4.99 Å². The van der Waals surface area contributed by atoms with Crippen LogP contribution in [0, 0.1) is 5.92 Å². The summed E-state index contributed by atoms with van der Waals surface area (Å²) >= 11 is 6.22. The van der Waals surface area contributed by atoms with Crippen LogP contribution in [0.1, 0.15) is 35.1 Å². The Morgan fingerprint density at radius 2 is 1.70 bits per heavy atom. The third-order valence-corrected chi connectivity index (χ3v) is 6.59. The van der Waals surface area contributed by atoms with E-state index in [0.717, 1.165) is 5.56 Å². The monoisotopic (exact) mass is 518 g/mol. The topological polar surface area (TPSA) is 106 Å². The summed E-state index contributed by atoms with van der Waals surface area (Å²) in [5, 5.41) is 6.44. The minimum absolute atomic E-state index is 0.0381. The maximum Gasteiger partial charge on any atom is 0.341 e. The standard InChI is InChI=1S/C29H31ClN4O3/c30-23-13-7-12-22(18-23)27-26(25(19-37-17-15-31)33-29(36)34-27)28(35)32-16-14-24(20-8-3-1-4-9-20)21-10-5-2-6-11-21/h1-13,18,24,26-27H,14-17,19,31H2,(H,32,35)(H,34,36). The van der Waals surface area contributed by atoms with E-state index in [1.165, 1.54) is 11.1 Å². The number of amides is 3. The Morgan fingerprint density at radius 1 is 1.03 bits per heavy atom. The fourth-order valence-electron chi connectivity index (χ4n) is 4.65. The van der Waals surface area contributed by atoms with Gasteiger partial charge in [0, 0.05) is 24.0 Å². The van der Waals surface area contributed by atoms with Gasteiger partial charge in [0.25, 0.3) is 0 Å². The van der Waals surface area contributed by atoms with Crippen molar-refractivity contribution in [2.45, 2.75) is 18.4 Å². The molecule has 1 aliphatic heterocycles. The predicted octanol–water partition coefficient (Wildman–Crippen LogP) is 4.48. The Kier molecular flexibility index (Phi) is 9.43. The molecule has 3 aromatic rings. The Morgan fingerprint density at radius 3 is 2.32 bits per heavy atom. The van der Waals surface area contributed by atoms with Gasteiger partial charge in [-0.05, 0) is 35.2 Å². The van der Waals surface area contributed by atoms with Crippen molar-refractivity contribution in [1.29, 1.82) is 0 Å². The van der Waals surface area contributed by atoms with E-state index in [-0.39, 0.29) is 18.4 Å². The van der Waals surface area contributed by atoms with Crippen molar-refractivity contribution < 1.29 is 14.3 Å². The molecular weight excluding hydrogens is 488 g/mol. The molecule has 8 heteroatoms. The average Bonchev–Trinajstić information content (AvgIpc) is 2.92. The van der Waals surface area contributed by atoms with Crippen molar-refractivity contribution in [3.63, 3.8) is 0 Å². The number of nitrogens with two attached hydrogens (primary N) is 1. The van der Waals surface area contributed by atoms with Gasteiger partial charge in [-0.1, -0.05) is 84.4 Å². The van der Waals surface area contributed by atoms with E-state index in [9.17, 15) is 9.59 Å². The van der Waals surface area contributed by atoms with Crippen LogP contribution in [0.5, 0.6) is 0 Å². The number of ether oxygens (including phenoxy) is 1. The fraction of sp³-hybridized carbons (Fsp3) is 0.276. The molecule has 3 aromatic carbocycles. The quantitative estimate of drug-likeness (QED) is 0.325. The number of rotatable bonds is 11. The SMILES string of the molecule is NCCOCC1=NC(=O)NC(c2cccc(Cl)c2)C1C(=O)NCCC(c1ccccc1)c1ccccc1. The van der Waals surface area contributed by atoms with Crippen LogP contribution in [0.3, 0.4) is 0 Å². The fourth-order valence-corrected chi connectivity index (χ4v) is 4.85. The molecule has 0 aliphatic carbocycles. The summed E-state index contributed by atoms with van der Waals surface area (Å²) in [6.07, 6.45) is 0.705. The predicted molar refractivity (Wildman–Crippen MR) is 146 cm³/mol. The molecular formula is C29H31ClN4O3. The number of halogens is 1. The van der Waals surface area contributed by atoms with Crippen molar-refractivity contribution in [3.05, 3.63) is 107 Å². The van der Waals surface area contributed by atoms with Gasteiger partial charge in [-0.3, -0.25) is 4.79 Å². The molecule has 37 heavy (non-hydrogen) atoms. The third kappa shape index (κ3) is 7.04. The van der Waals surface area contributed by atoms with Crippen molar-refractivity contribution in [3.8, 4) is 0 Å². The number of benzene rings is 3.